The fourth-order valence-corrected chi connectivity index (χ4v) is 2.84. The highest BCUT2D eigenvalue weighted by Crippen LogP contribution is 2.47. The molecule has 1 fully saturated rings. The van der Waals surface area contributed by atoms with Gasteiger partial charge in [0.1, 0.15) is 0 Å². The summed E-state index contributed by atoms with van der Waals surface area (Å²) in [6.07, 6.45) is 2.91. The van der Waals surface area contributed by atoms with Gasteiger partial charge in [0.2, 0.25) is 0 Å². The van der Waals surface area contributed by atoms with Crippen LogP contribution in [-0.2, 0) is 11.3 Å². The predicted octanol–water partition coefficient (Wildman–Crippen LogP) is 2.95. The number of hydrogen-bond acceptors (Lipinski definition) is 3. The van der Waals surface area contributed by atoms with Crippen molar-refractivity contribution < 1.29 is 9.84 Å². The van der Waals surface area contributed by atoms with Gasteiger partial charge in [-0.1, -0.05) is 37.1 Å². The first-order chi connectivity index (χ1) is 8.73. The molecule has 0 radical (unpaired) electrons. The van der Waals surface area contributed by atoms with E-state index in [4.69, 9.17) is 4.74 Å². The normalized spacial score (nSPS) is 19.4. The second-order valence-corrected chi connectivity index (χ2v) is 5.01. The smallest absolute Gasteiger partial charge is 0.0979 e. The zero-order valence-corrected chi connectivity index (χ0v) is 10.7. The second-order valence-electron chi connectivity index (χ2n) is 5.01. The monoisotopic (exact) mass is 245 g/mol. The van der Waals surface area contributed by atoms with E-state index in [1.807, 2.05) is 24.3 Å². The lowest BCUT2D eigenvalue weighted by atomic mass is 9.77. The van der Waals surface area contributed by atoms with E-state index in [1.165, 1.54) is 0 Å². The SMILES string of the molecule is COCc1ccccc1C(O)C1(C#N)CCCC1. The molecule has 1 atom stereocenters. The summed E-state index contributed by atoms with van der Waals surface area (Å²) in [7, 11) is 1.64. The molecule has 0 aromatic heterocycles. The van der Waals surface area contributed by atoms with Crippen LogP contribution in [0.2, 0.25) is 0 Å². The molecular weight excluding hydrogens is 226 g/mol. The maximum atomic E-state index is 10.6. The average Bonchev–Trinajstić information content (AvgIpc) is 2.89. The summed E-state index contributed by atoms with van der Waals surface area (Å²) in [5.74, 6) is 0. The number of aliphatic hydroxyl groups is 1. The van der Waals surface area contributed by atoms with Gasteiger partial charge in [0.25, 0.3) is 0 Å². The molecule has 1 saturated carbocycles. The molecule has 3 heteroatoms. The number of rotatable bonds is 4. The molecule has 0 aliphatic heterocycles. The van der Waals surface area contributed by atoms with Gasteiger partial charge in [-0.2, -0.15) is 5.26 Å². The lowest BCUT2D eigenvalue weighted by molar-refractivity contribution is 0.0642. The van der Waals surface area contributed by atoms with Gasteiger partial charge in [-0.3, -0.25) is 0 Å². The zero-order valence-electron chi connectivity index (χ0n) is 10.7. The van der Waals surface area contributed by atoms with Crippen molar-refractivity contribution in [3.05, 3.63) is 35.4 Å². The van der Waals surface area contributed by atoms with Gasteiger partial charge in [-0.25, -0.2) is 0 Å². The average molecular weight is 245 g/mol. The van der Waals surface area contributed by atoms with Gasteiger partial charge in [0, 0.05) is 7.11 Å². The van der Waals surface area contributed by atoms with E-state index in [1.54, 1.807) is 7.11 Å². The highest BCUT2D eigenvalue weighted by atomic mass is 16.5. The maximum absolute atomic E-state index is 10.6. The molecule has 0 amide bonds. The lowest BCUT2D eigenvalue weighted by Crippen LogP contribution is -2.25. The third-order valence-electron chi connectivity index (χ3n) is 3.89. The van der Waals surface area contributed by atoms with Gasteiger partial charge in [0.05, 0.1) is 24.2 Å². The molecule has 1 aromatic rings. The predicted molar refractivity (Wildman–Crippen MR) is 68.6 cm³/mol. The summed E-state index contributed by atoms with van der Waals surface area (Å²) in [6, 6.07) is 10.0. The molecule has 0 spiro atoms. The molecule has 1 N–H and O–H groups in total. The van der Waals surface area contributed by atoms with E-state index in [0.717, 1.165) is 36.8 Å². The number of nitrogens with zero attached hydrogens (tertiary/aromatic N) is 1. The van der Waals surface area contributed by atoms with Gasteiger partial charge >= 0.3 is 0 Å². The number of ether oxygens (including phenoxy) is 1. The Balaban J connectivity index is 2.33. The Morgan fingerprint density at radius 3 is 2.67 bits per heavy atom. The van der Waals surface area contributed by atoms with E-state index < -0.39 is 11.5 Å². The van der Waals surface area contributed by atoms with Crippen molar-refractivity contribution >= 4 is 0 Å². The summed E-state index contributed by atoms with van der Waals surface area (Å²) in [5, 5.41) is 20.0. The number of hydrogen-bond donors (Lipinski definition) is 1. The van der Waals surface area contributed by atoms with Crippen molar-refractivity contribution in [1.29, 1.82) is 5.26 Å². The van der Waals surface area contributed by atoms with Gasteiger partial charge in [-0.05, 0) is 24.0 Å². The Morgan fingerprint density at radius 2 is 2.06 bits per heavy atom. The fourth-order valence-electron chi connectivity index (χ4n) is 2.84. The zero-order chi connectivity index (χ0) is 13.0. The molecule has 0 bridgehead atoms. The van der Waals surface area contributed by atoms with Gasteiger partial charge in [-0.15, -0.1) is 0 Å². The van der Waals surface area contributed by atoms with E-state index >= 15 is 0 Å². The molecule has 1 unspecified atom stereocenters. The number of nitriles is 1. The van der Waals surface area contributed by atoms with Crippen LogP contribution < -0.4 is 0 Å². The van der Waals surface area contributed by atoms with Gasteiger partial charge in [0.15, 0.2) is 0 Å². The van der Waals surface area contributed by atoms with E-state index in [-0.39, 0.29) is 0 Å². The molecule has 18 heavy (non-hydrogen) atoms. The molecular formula is C15H19NO2. The second kappa shape index (κ2) is 5.51. The lowest BCUT2D eigenvalue weighted by Gasteiger charge is -2.28. The maximum Gasteiger partial charge on any atom is 0.0979 e. The Labute approximate surface area is 108 Å². The summed E-state index contributed by atoms with van der Waals surface area (Å²) in [6.45, 7) is 0.467. The Hall–Kier alpha value is -1.37. The molecule has 0 heterocycles. The van der Waals surface area contributed by atoms with Crippen LogP contribution in [0.4, 0.5) is 0 Å². The number of methoxy groups -OCH3 is 1. The van der Waals surface area contributed by atoms with Crippen molar-refractivity contribution in [2.45, 2.75) is 38.4 Å². The summed E-state index contributed by atoms with van der Waals surface area (Å²) in [5.41, 5.74) is 1.20. The highest BCUT2D eigenvalue weighted by molar-refractivity contribution is 5.32. The topological polar surface area (TPSA) is 53.2 Å². The van der Waals surface area contributed by atoms with E-state index in [0.29, 0.717) is 6.61 Å². The quantitative estimate of drug-likeness (QED) is 0.887. The van der Waals surface area contributed by atoms with Crippen molar-refractivity contribution in [1.82, 2.24) is 0 Å². The molecule has 1 aromatic carbocycles. The third kappa shape index (κ3) is 2.27. The summed E-state index contributed by atoms with van der Waals surface area (Å²) >= 11 is 0. The van der Waals surface area contributed by atoms with Crippen LogP contribution in [0.1, 0.15) is 42.9 Å². The van der Waals surface area contributed by atoms with Crippen molar-refractivity contribution in [3.63, 3.8) is 0 Å². The van der Waals surface area contributed by atoms with Crippen molar-refractivity contribution in [2.24, 2.45) is 5.41 Å². The third-order valence-corrected chi connectivity index (χ3v) is 3.89. The summed E-state index contributed by atoms with van der Waals surface area (Å²) in [4.78, 5) is 0. The van der Waals surface area contributed by atoms with Crippen LogP contribution in [0.5, 0.6) is 0 Å². The molecule has 0 saturated heterocycles. The highest BCUT2D eigenvalue weighted by Gasteiger charge is 2.42. The number of aliphatic hydroxyl groups excluding tert-OH is 1. The van der Waals surface area contributed by atoms with Crippen LogP contribution in [-0.4, -0.2) is 12.2 Å². The molecule has 96 valence electrons. The first-order valence-electron chi connectivity index (χ1n) is 6.39. The molecule has 3 nitrogen and oxygen atoms in total. The minimum absolute atomic E-state index is 0.467. The molecule has 1 aliphatic rings. The largest absolute Gasteiger partial charge is 0.387 e. The standard InChI is InChI=1S/C15H19NO2/c1-18-10-12-6-2-3-7-13(12)14(17)15(11-16)8-4-5-9-15/h2-3,6-7,14,17H,4-5,8-10H2,1H3. The van der Waals surface area contributed by atoms with Crippen molar-refractivity contribution in [3.8, 4) is 6.07 Å². The molecule has 2 rings (SSSR count). The Bertz CT molecular complexity index is 444. The van der Waals surface area contributed by atoms with Crippen LogP contribution in [0.15, 0.2) is 24.3 Å². The van der Waals surface area contributed by atoms with Crippen LogP contribution in [0, 0.1) is 16.7 Å². The van der Waals surface area contributed by atoms with Crippen LogP contribution in [0.25, 0.3) is 0 Å². The molecule has 1 aliphatic carbocycles. The van der Waals surface area contributed by atoms with E-state index in [9.17, 15) is 10.4 Å². The van der Waals surface area contributed by atoms with E-state index in [2.05, 4.69) is 6.07 Å². The minimum atomic E-state index is -0.712. The fraction of sp³-hybridized carbons (Fsp3) is 0.533. The first kappa shape index (κ1) is 13.1. The minimum Gasteiger partial charge on any atom is -0.387 e. The van der Waals surface area contributed by atoms with Crippen LogP contribution >= 0.6 is 0 Å². The Kier molecular flexibility index (Phi) is 4.00. The summed E-state index contributed by atoms with van der Waals surface area (Å²) < 4.78 is 5.15. The first-order valence-corrected chi connectivity index (χ1v) is 6.39. The number of benzene rings is 1. The van der Waals surface area contributed by atoms with Crippen LogP contribution in [0.3, 0.4) is 0 Å². The van der Waals surface area contributed by atoms with Gasteiger partial charge < -0.3 is 9.84 Å². The Morgan fingerprint density at radius 1 is 1.39 bits per heavy atom. The van der Waals surface area contributed by atoms with Crippen molar-refractivity contribution in [2.75, 3.05) is 7.11 Å².